The van der Waals surface area contributed by atoms with Gasteiger partial charge in [-0.1, -0.05) is 20.8 Å². The average Bonchev–Trinajstić information content (AvgIpc) is 2.85. The first-order valence-corrected chi connectivity index (χ1v) is 8.04. The molecule has 1 unspecified atom stereocenters. The minimum Gasteiger partial charge on any atom is -0.353 e. The van der Waals surface area contributed by atoms with Gasteiger partial charge in [0.05, 0.1) is 0 Å². The highest BCUT2D eigenvalue weighted by Gasteiger charge is 2.29. The molecule has 0 aromatic carbocycles. The van der Waals surface area contributed by atoms with E-state index in [1.165, 1.54) is 24.2 Å². The Morgan fingerprint density at radius 1 is 1.53 bits per heavy atom. The standard InChI is InChI=1S/C15H24BrN3/c1-4-17-9-12-8-13(16)10-18-15(12)19-7-5-6-14(19)11(2)3/h8,10-11,14,17H,4-7,9H2,1-3H3. The van der Waals surface area contributed by atoms with E-state index in [0.29, 0.717) is 12.0 Å². The molecular formula is C15H24BrN3. The van der Waals surface area contributed by atoms with E-state index < -0.39 is 0 Å². The highest BCUT2D eigenvalue weighted by Crippen LogP contribution is 2.31. The zero-order chi connectivity index (χ0) is 13.8. The van der Waals surface area contributed by atoms with Crippen LogP contribution in [0, 0.1) is 5.92 Å². The summed E-state index contributed by atoms with van der Waals surface area (Å²) in [4.78, 5) is 7.19. The quantitative estimate of drug-likeness (QED) is 0.896. The van der Waals surface area contributed by atoms with Gasteiger partial charge in [-0.2, -0.15) is 0 Å². The van der Waals surface area contributed by atoms with Gasteiger partial charge in [-0.05, 0) is 47.3 Å². The van der Waals surface area contributed by atoms with Crippen molar-refractivity contribution in [3.05, 3.63) is 22.3 Å². The van der Waals surface area contributed by atoms with Crippen molar-refractivity contribution in [3.8, 4) is 0 Å². The summed E-state index contributed by atoms with van der Waals surface area (Å²) in [5, 5.41) is 3.41. The fraction of sp³-hybridized carbons (Fsp3) is 0.667. The van der Waals surface area contributed by atoms with Gasteiger partial charge < -0.3 is 10.2 Å². The van der Waals surface area contributed by atoms with Gasteiger partial charge in [-0.15, -0.1) is 0 Å². The second kappa shape index (κ2) is 6.71. The molecule has 19 heavy (non-hydrogen) atoms. The maximum absolute atomic E-state index is 4.68. The van der Waals surface area contributed by atoms with E-state index in [1.54, 1.807) is 0 Å². The first-order chi connectivity index (χ1) is 9.13. The van der Waals surface area contributed by atoms with Gasteiger partial charge in [0.1, 0.15) is 5.82 Å². The molecular weight excluding hydrogens is 302 g/mol. The smallest absolute Gasteiger partial charge is 0.133 e. The first-order valence-electron chi connectivity index (χ1n) is 7.25. The van der Waals surface area contributed by atoms with Crippen molar-refractivity contribution >= 4 is 21.7 Å². The Labute approximate surface area is 124 Å². The number of nitrogens with one attached hydrogen (secondary N) is 1. The molecule has 0 spiro atoms. The molecule has 3 nitrogen and oxygen atoms in total. The van der Waals surface area contributed by atoms with Crippen molar-refractivity contribution in [2.24, 2.45) is 5.92 Å². The van der Waals surface area contributed by atoms with Crippen molar-refractivity contribution in [3.63, 3.8) is 0 Å². The highest BCUT2D eigenvalue weighted by atomic mass is 79.9. The summed E-state index contributed by atoms with van der Waals surface area (Å²) in [5.74, 6) is 1.85. The summed E-state index contributed by atoms with van der Waals surface area (Å²) in [7, 11) is 0. The van der Waals surface area contributed by atoms with Crippen LogP contribution in [0.4, 0.5) is 5.82 Å². The molecule has 1 atom stereocenters. The second-order valence-electron chi connectivity index (χ2n) is 5.56. The molecule has 106 valence electrons. The maximum Gasteiger partial charge on any atom is 0.133 e. The zero-order valence-electron chi connectivity index (χ0n) is 12.1. The third-order valence-corrected chi connectivity index (χ3v) is 4.25. The molecule has 2 heterocycles. The van der Waals surface area contributed by atoms with Crippen molar-refractivity contribution in [2.45, 2.75) is 46.2 Å². The molecule has 1 aromatic rings. The van der Waals surface area contributed by atoms with Crippen molar-refractivity contribution in [1.82, 2.24) is 10.3 Å². The van der Waals surface area contributed by atoms with E-state index in [2.05, 4.69) is 58.0 Å². The molecule has 2 rings (SSSR count). The number of anilines is 1. The van der Waals surface area contributed by atoms with Crippen LogP contribution in [0.1, 0.15) is 39.2 Å². The van der Waals surface area contributed by atoms with Crippen LogP contribution in [0.5, 0.6) is 0 Å². The van der Waals surface area contributed by atoms with Crippen LogP contribution in [0.15, 0.2) is 16.7 Å². The number of nitrogens with zero attached hydrogens (tertiary/aromatic N) is 2. The van der Waals surface area contributed by atoms with Gasteiger partial charge in [0.15, 0.2) is 0 Å². The average molecular weight is 326 g/mol. The molecule has 1 saturated heterocycles. The SMILES string of the molecule is CCNCc1cc(Br)cnc1N1CCCC1C(C)C. The first kappa shape index (κ1) is 14.8. The van der Waals surface area contributed by atoms with Crippen molar-refractivity contribution < 1.29 is 0 Å². The lowest BCUT2D eigenvalue weighted by Crippen LogP contribution is -2.35. The Bertz CT molecular complexity index is 420. The van der Waals surface area contributed by atoms with E-state index in [0.717, 1.165) is 24.1 Å². The Morgan fingerprint density at radius 2 is 2.32 bits per heavy atom. The summed E-state index contributed by atoms with van der Waals surface area (Å²) in [6, 6.07) is 2.83. The molecule has 0 amide bonds. The predicted molar refractivity (Wildman–Crippen MR) is 84.5 cm³/mol. The lowest BCUT2D eigenvalue weighted by atomic mass is 10.0. The fourth-order valence-corrected chi connectivity index (χ4v) is 3.25. The normalized spacial score (nSPS) is 19.4. The van der Waals surface area contributed by atoms with Crippen LogP contribution in [0.25, 0.3) is 0 Å². The molecule has 1 aromatic heterocycles. The fourth-order valence-electron chi connectivity index (χ4n) is 2.87. The molecule has 0 saturated carbocycles. The number of halogens is 1. The minimum absolute atomic E-state index is 0.633. The summed E-state index contributed by atoms with van der Waals surface area (Å²) in [6.07, 6.45) is 4.48. The van der Waals surface area contributed by atoms with Crippen LogP contribution in [0.2, 0.25) is 0 Å². The van der Waals surface area contributed by atoms with E-state index in [4.69, 9.17) is 0 Å². The van der Waals surface area contributed by atoms with E-state index in [-0.39, 0.29) is 0 Å². The summed E-state index contributed by atoms with van der Waals surface area (Å²) < 4.78 is 1.06. The van der Waals surface area contributed by atoms with Crippen LogP contribution in [-0.2, 0) is 6.54 Å². The van der Waals surface area contributed by atoms with Crippen molar-refractivity contribution in [1.29, 1.82) is 0 Å². The van der Waals surface area contributed by atoms with Crippen molar-refractivity contribution in [2.75, 3.05) is 18.0 Å². The Kier molecular flexibility index (Phi) is 5.22. The van der Waals surface area contributed by atoms with Crippen LogP contribution in [-0.4, -0.2) is 24.1 Å². The monoisotopic (exact) mass is 325 g/mol. The molecule has 1 N–H and O–H groups in total. The second-order valence-corrected chi connectivity index (χ2v) is 6.48. The molecule has 1 aliphatic heterocycles. The summed E-state index contributed by atoms with van der Waals surface area (Å²) in [5.41, 5.74) is 1.30. The van der Waals surface area contributed by atoms with Gasteiger partial charge in [0.2, 0.25) is 0 Å². The van der Waals surface area contributed by atoms with Crippen LogP contribution < -0.4 is 10.2 Å². The molecule has 4 heteroatoms. The van der Waals surface area contributed by atoms with Crippen LogP contribution >= 0.6 is 15.9 Å². The number of pyridine rings is 1. The summed E-state index contributed by atoms with van der Waals surface area (Å²) >= 11 is 3.53. The number of hydrogen-bond donors (Lipinski definition) is 1. The predicted octanol–water partition coefficient (Wildman–Crippen LogP) is 3.58. The Balaban J connectivity index is 2.27. The third kappa shape index (κ3) is 3.48. The van der Waals surface area contributed by atoms with E-state index in [1.807, 2.05) is 6.20 Å². The Morgan fingerprint density at radius 3 is 3.00 bits per heavy atom. The Hall–Kier alpha value is -0.610. The summed E-state index contributed by atoms with van der Waals surface area (Å²) in [6.45, 7) is 9.77. The molecule has 0 radical (unpaired) electrons. The largest absolute Gasteiger partial charge is 0.353 e. The number of hydrogen-bond acceptors (Lipinski definition) is 3. The van der Waals surface area contributed by atoms with E-state index >= 15 is 0 Å². The third-order valence-electron chi connectivity index (χ3n) is 3.82. The van der Waals surface area contributed by atoms with Gasteiger partial charge >= 0.3 is 0 Å². The lowest BCUT2D eigenvalue weighted by molar-refractivity contribution is 0.488. The molecule has 1 aliphatic rings. The van der Waals surface area contributed by atoms with Gasteiger partial charge in [-0.25, -0.2) is 4.98 Å². The van der Waals surface area contributed by atoms with E-state index in [9.17, 15) is 0 Å². The lowest BCUT2D eigenvalue weighted by Gasteiger charge is -2.30. The maximum atomic E-state index is 4.68. The topological polar surface area (TPSA) is 28.2 Å². The van der Waals surface area contributed by atoms with Crippen LogP contribution in [0.3, 0.4) is 0 Å². The zero-order valence-corrected chi connectivity index (χ0v) is 13.7. The van der Waals surface area contributed by atoms with Gasteiger partial charge in [0, 0.05) is 35.4 Å². The number of aromatic nitrogens is 1. The molecule has 1 fully saturated rings. The number of rotatable bonds is 5. The van der Waals surface area contributed by atoms with Gasteiger partial charge in [-0.3, -0.25) is 0 Å². The minimum atomic E-state index is 0.633. The molecule has 0 bridgehead atoms. The van der Waals surface area contributed by atoms with Gasteiger partial charge in [0.25, 0.3) is 0 Å². The molecule has 0 aliphatic carbocycles. The highest BCUT2D eigenvalue weighted by molar-refractivity contribution is 9.10.